The van der Waals surface area contributed by atoms with Crippen LogP contribution >= 0.6 is 0 Å². The van der Waals surface area contributed by atoms with Crippen molar-refractivity contribution in [2.45, 2.75) is 31.5 Å². The third kappa shape index (κ3) is 4.85. The lowest BCUT2D eigenvalue weighted by molar-refractivity contribution is 0.166. The van der Waals surface area contributed by atoms with Crippen molar-refractivity contribution in [1.82, 2.24) is 10.2 Å². The molecule has 1 heterocycles. The van der Waals surface area contributed by atoms with Crippen molar-refractivity contribution in [3.8, 4) is 0 Å². The molecule has 1 aliphatic heterocycles. The predicted molar refractivity (Wildman–Crippen MR) is 113 cm³/mol. The molecule has 1 fully saturated rings. The summed E-state index contributed by atoms with van der Waals surface area (Å²) < 4.78 is 0. The van der Waals surface area contributed by atoms with Gasteiger partial charge in [0.25, 0.3) is 0 Å². The van der Waals surface area contributed by atoms with Crippen LogP contribution in [0.1, 0.15) is 29.0 Å². The van der Waals surface area contributed by atoms with Crippen LogP contribution in [0.5, 0.6) is 0 Å². The highest BCUT2D eigenvalue weighted by Gasteiger charge is 2.30. The molecule has 0 amide bonds. The fourth-order valence-electron chi connectivity index (χ4n) is 4.13. The molecule has 0 saturated carbocycles. The van der Waals surface area contributed by atoms with Crippen LogP contribution < -0.4 is 5.32 Å². The van der Waals surface area contributed by atoms with Crippen molar-refractivity contribution in [2.75, 3.05) is 13.1 Å². The summed E-state index contributed by atoms with van der Waals surface area (Å²) in [5.41, 5.74) is 4.21. The molecule has 1 aliphatic rings. The molecular formula is C25H28N2. The molecule has 2 atom stereocenters. The zero-order valence-electron chi connectivity index (χ0n) is 15.8. The molecule has 0 bridgehead atoms. The van der Waals surface area contributed by atoms with Crippen LogP contribution in [0.25, 0.3) is 0 Å². The summed E-state index contributed by atoms with van der Waals surface area (Å²) >= 11 is 0. The molecule has 1 N–H and O–H groups in total. The van der Waals surface area contributed by atoms with Crippen molar-refractivity contribution >= 4 is 0 Å². The fraction of sp³-hybridized carbons (Fsp3) is 0.280. The van der Waals surface area contributed by atoms with Gasteiger partial charge in [-0.25, -0.2) is 0 Å². The van der Waals surface area contributed by atoms with Gasteiger partial charge in [-0.2, -0.15) is 0 Å². The lowest BCUT2D eigenvalue weighted by atomic mass is 9.85. The second-order valence-corrected chi connectivity index (χ2v) is 7.50. The molecule has 2 heteroatoms. The molecule has 1 saturated heterocycles. The highest BCUT2D eigenvalue weighted by atomic mass is 15.1. The highest BCUT2D eigenvalue weighted by molar-refractivity contribution is 5.24. The summed E-state index contributed by atoms with van der Waals surface area (Å²) in [5, 5.41) is 3.84. The Bertz CT molecular complexity index is 802. The second kappa shape index (κ2) is 8.98. The normalized spacial score (nSPS) is 20.4. The summed E-state index contributed by atoms with van der Waals surface area (Å²) in [5.74, 6) is 0.521. The van der Waals surface area contributed by atoms with Crippen molar-refractivity contribution in [2.24, 2.45) is 0 Å². The third-order valence-corrected chi connectivity index (χ3v) is 5.58. The maximum absolute atomic E-state index is 3.84. The molecule has 0 spiro atoms. The molecular weight excluding hydrogens is 328 g/mol. The number of nitrogens with zero attached hydrogens (tertiary/aromatic N) is 1. The first-order chi connectivity index (χ1) is 13.4. The Kier molecular flexibility index (Phi) is 5.98. The number of piperidine rings is 1. The van der Waals surface area contributed by atoms with Gasteiger partial charge in [-0.3, -0.25) is 4.90 Å². The van der Waals surface area contributed by atoms with E-state index in [1.54, 1.807) is 0 Å². The van der Waals surface area contributed by atoms with Gasteiger partial charge in [0, 0.05) is 38.1 Å². The maximum atomic E-state index is 3.84. The average molecular weight is 357 g/mol. The third-order valence-electron chi connectivity index (χ3n) is 5.58. The van der Waals surface area contributed by atoms with Gasteiger partial charge in [0.2, 0.25) is 0 Å². The van der Waals surface area contributed by atoms with Gasteiger partial charge in [0.1, 0.15) is 0 Å². The quantitative estimate of drug-likeness (QED) is 0.680. The largest absolute Gasteiger partial charge is 0.309 e. The summed E-state index contributed by atoms with van der Waals surface area (Å²) in [6.45, 7) is 4.22. The number of likely N-dealkylation sites (tertiary alicyclic amines) is 1. The van der Waals surface area contributed by atoms with E-state index in [0.717, 1.165) is 26.2 Å². The monoisotopic (exact) mass is 356 g/mol. The Morgan fingerprint density at radius 1 is 0.741 bits per heavy atom. The van der Waals surface area contributed by atoms with Crippen molar-refractivity contribution in [3.63, 3.8) is 0 Å². The van der Waals surface area contributed by atoms with Crippen LogP contribution in [0.15, 0.2) is 91.0 Å². The zero-order chi connectivity index (χ0) is 18.3. The summed E-state index contributed by atoms with van der Waals surface area (Å²) in [7, 11) is 0. The Hall–Kier alpha value is -2.42. The molecule has 2 nitrogen and oxygen atoms in total. The first-order valence-electron chi connectivity index (χ1n) is 9.97. The number of nitrogens with one attached hydrogen (secondary N) is 1. The molecule has 0 aromatic heterocycles. The van der Waals surface area contributed by atoms with Gasteiger partial charge in [0.05, 0.1) is 0 Å². The maximum Gasteiger partial charge on any atom is 0.0234 e. The van der Waals surface area contributed by atoms with Gasteiger partial charge in [0.15, 0.2) is 0 Å². The molecule has 0 radical (unpaired) electrons. The SMILES string of the molecule is c1ccc(CN[C@H]2CCN(Cc3ccccc3)C[C@H]2c2ccccc2)cc1. The van der Waals surface area contributed by atoms with E-state index in [0.29, 0.717) is 12.0 Å². The first-order valence-corrected chi connectivity index (χ1v) is 9.97. The minimum atomic E-state index is 0.514. The average Bonchev–Trinajstić information content (AvgIpc) is 2.75. The van der Waals surface area contributed by atoms with Crippen LogP contribution in [-0.4, -0.2) is 24.0 Å². The lowest BCUT2D eigenvalue weighted by Crippen LogP contribution is -2.47. The number of rotatable bonds is 6. The van der Waals surface area contributed by atoms with E-state index in [4.69, 9.17) is 0 Å². The molecule has 138 valence electrons. The van der Waals surface area contributed by atoms with Crippen molar-refractivity contribution in [3.05, 3.63) is 108 Å². The van der Waals surface area contributed by atoms with E-state index in [1.165, 1.54) is 23.1 Å². The molecule has 0 unspecified atom stereocenters. The number of hydrogen-bond acceptors (Lipinski definition) is 2. The summed E-state index contributed by atoms with van der Waals surface area (Å²) in [6, 6.07) is 33.1. The second-order valence-electron chi connectivity index (χ2n) is 7.50. The predicted octanol–water partition coefficient (Wildman–Crippen LogP) is 4.83. The first kappa shape index (κ1) is 18.0. The van der Waals surface area contributed by atoms with Crippen LogP contribution in [0.3, 0.4) is 0 Å². The number of benzene rings is 3. The van der Waals surface area contributed by atoms with Gasteiger partial charge in [-0.1, -0.05) is 91.0 Å². The van der Waals surface area contributed by atoms with E-state index in [2.05, 4.69) is 101 Å². The van der Waals surface area contributed by atoms with E-state index in [1.807, 2.05) is 0 Å². The lowest BCUT2D eigenvalue weighted by Gasteiger charge is -2.39. The van der Waals surface area contributed by atoms with Crippen molar-refractivity contribution in [1.29, 1.82) is 0 Å². The molecule has 3 aromatic rings. The Morgan fingerprint density at radius 3 is 2.00 bits per heavy atom. The van der Waals surface area contributed by atoms with E-state index in [-0.39, 0.29) is 0 Å². The number of hydrogen-bond donors (Lipinski definition) is 1. The van der Waals surface area contributed by atoms with Gasteiger partial charge >= 0.3 is 0 Å². The highest BCUT2D eigenvalue weighted by Crippen LogP contribution is 2.28. The topological polar surface area (TPSA) is 15.3 Å². The van der Waals surface area contributed by atoms with Crippen molar-refractivity contribution < 1.29 is 0 Å². The zero-order valence-corrected chi connectivity index (χ0v) is 15.8. The Labute approximate surface area is 162 Å². The van der Waals surface area contributed by atoms with Crippen LogP contribution in [0.2, 0.25) is 0 Å². The molecule has 4 rings (SSSR count). The van der Waals surface area contributed by atoms with E-state index in [9.17, 15) is 0 Å². The minimum absolute atomic E-state index is 0.514. The van der Waals surface area contributed by atoms with E-state index < -0.39 is 0 Å². The molecule has 27 heavy (non-hydrogen) atoms. The minimum Gasteiger partial charge on any atom is -0.309 e. The van der Waals surface area contributed by atoms with Gasteiger partial charge in [-0.05, 0) is 23.1 Å². The smallest absolute Gasteiger partial charge is 0.0234 e. The standard InChI is InChI=1S/C25H28N2/c1-4-10-21(11-5-1)18-26-25-16-17-27(19-22-12-6-2-7-13-22)20-24(25)23-14-8-3-9-15-23/h1-15,24-26H,16-20H2/t24-,25-/m0/s1. The van der Waals surface area contributed by atoms with Gasteiger partial charge < -0.3 is 5.32 Å². The Morgan fingerprint density at radius 2 is 1.33 bits per heavy atom. The van der Waals surface area contributed by atoms with E-state index >= 15 is 0 Å². The van der Waals surface area contributed by atoms with Crippen LogP contribution in [0.4, 0.5) is 0 Å². The molecule has 0 aliphatic carbocycles. The molecule has 3 aromatic carbocycles. The Balaban J connectivity index is 1.46. The van der Waals surface area contributed by atoms with Gasteiger partial charge in [-0.15, -0.1) is 0 Å². The van der Waals surface area contributed by atoms with Crippen LogP contribution in [-0.2, 0) is 13.1 Å². The fourth-order valence-corrected chi connectivity index (χ4v) is 4.13. The summed E-state index contributed by atoms with van der Waals surface area (Å²) in [4.78, 5) is 2.60. The van der Waals surface area contributed by atoms with Crippen LogP contribution in [0, 0.1) is 0 Å². The summed E-state index contributed by atoms with van der Waals surface area (Å²) in [6.07, 6.45) is 1.18.